The lowest BCUT2D eigenvalue weighted by Gasteiger charge is -2.03. The fourth-order valence-electron chi connectivity index (χ4n) is 1.07. The maximum atomic E-state index is 10.9. The second kappa shape index (κ2) is 6.59. The molecule has 0 atom stereocenters. The molecule has 1 aromatic rings. The van der Waals surface area contributed by atoms with Gasteiger partial charge in [0, 0.05) is 6.42 Å². The van der Waals surface area contributed by atoms with Gasteiger partial charge in [0.15, 0.2) is 6.61 Å². The van der Waals surface area contributed by atoms with E-state index in [1.165, 1.54) is 0 Å². The minimum atomic E-state index is -0.530. The number of carbonyl (C=O) groups excluding carboxylic acids is 2. The summed E-state index contributed by atoms with van der Waals surface area (Å²) in [5, 5.41) is 0. The summed E-state index contributed by atoms with van der Waals surface area (Å²) in [5.74, 6) is -0.530. The van der Waals surface area contributed by atoms with Crippen molar-refractivity contribution in [2.75, 3.05) is 13.2 Å². The van der Waals surface area contributed by atoms with Crippen molar-refractivity contribution in [2.45, 2.75) is 6.42 Å². The molecule has 1 aromatic carbocycles. The molecule has 80 valence electrons. The molecule has 0 amide bonds. The molecule has 0 unspecified atom stereocenters. The summed E-state index contributed by atoms with van der Waals surface area (Å²) in [7, 11) is 0. The number of benzene rings is 1. The second-order valence-corrected chi connectivity index (χ2v) is 2.86. The summed E-state index contributed by atoms with van der Waals surface area (Å²) in [6, 6.07) is 9.68. The smallest absolute Gasteiger partial charge is 0.344 e. The van der Waals surface area contributed by atoms with E-state index < -0.39 is 5.97 Å². The fourth-order valence-corrected chi connectivity index (χ4v) is 1.07. The summed E-state index contributed by atoms with van der Waals surface area (Å²) in [5.41, 5.74) is 1.10. The molecule has 0 radical (unpaired) electrons. The molecular weight excluding hydrogens is 196 g/mol. The van der Waals surface area contributed by atoms with E-state index in [1.807, 2.05) is 30.3 Å². The van der Waals surface area contributed by atoms with E-state index in [2.05, 4.69) is 4.74 Å². The highest BCUT2D eigenvalue weighted by atomic mass is 16.6. The molecule has 0 heterocycles. The van der Waals surface area contributed by atoms with E-state index in [1.54, 1.807) is 0 Å². The summed E-state index contributed by atoms with van der Waals surface area (Å²) in [6.07, 6.45) is 0.660. The van der Waals surface area contributed by atoms with Gasteiger partial charge in [-0.2, -0.15) is 0 Å². The van der Waals surface area contributed by atoms with E-state index in [0.717, 1.165) is 5.56 Å². The Bertz CT molecular complexity index is 308. The van der Waals surface area contributed by atoms with Gasteiger partial charge >= 0.3 is 5.97 Å². The van der Waals surface area contributed by atoms with Gasteiger partial charge in [0.05, 0.1) is 6.61 Å². The number of ether oxygens (including phenoxy) is 2. The van der Waals surface area contributed by atoms with Crippen LogP contribution in [-0.4, -0.2) is 25.7 Å². The minimum Gasteiger partial charge on any atom is -0.463 e. The molecule has 4 nitrogen and oxygen atoms in total. The normalized spacial score (nSPS) is 9.33. The summed E-state index contributed by atoms with van der Waals surface area (Å²) >= 11 is 0. The lowest BCUT2D eigenvalue weighted by molar-refractivity contribution is -0.152. The Morgan fingerprint density at radius 3 is 2.67 bits per heavy atom. The monoisotopic (exact) mass is 208 g/mol. The zero-order valence-electron chi connectivity index (χ0n) is 8.22. The molecule has 0 saturated heterocycles. The molecule has 0 aliphatic carbocycles. The number of hydrogen-bond donors (Lipinski definition) is 0. The molecule has 0 bridgehead atoms. The topological polar surface area (TPSA) is 52.6 Å². The van der Waals surface area contributed by atoms with Crippen molar-refractivity contribution in [3.8, 4) is 0 Å². The Morgan fingerprint density at radius 2 is 2.00 bits per heavy atom. The Morgan fingerprint density at radius 1 is 1.27 bits per heavy atom. The highest BCUT2D eigenvalue weighted by Crippen LogP contribution is 1.99. The largest absolute Gasteiger partial charge is 0.463 e. The third-order valence-corrected chi connectivity index (χ3v) is 1.77. The molecule has 0 aromatic heterocycles. The third kappa shape index (κ3) is 4.81. The molecule has 0 saturated carbocycles. The zero-order valence-corrected chi connectivity index (χ0v) is 8.22. The third-order valence-electron chi connectivity index (χ3n) is 1.77. The first-order valence-corrected chi connectivity index (χ1v) is 4.57. The number of carbonyl (C=O) groups is 2. The predicted octanol–water partition coefficient (Wildman–Crippen LogP) is 0.945. The zero-order chi connectivity index (χ0) is 10.9. The van der Waals surface area contributed by atoms with E-state index in [9.17, 15) is 9.59 Å². The highest BCUT2D eigenvalue weighted by Gasteiger charge is 2.02. The number of rotatable bonds is 6. The number of esters is 1. The van der Waals surface area contributed by atoms with Crippen molar-refractivity contribution in [3.05, 3.63) is 35.9 Å². The van der Waals surface area contributed by atoms with Crippen LogP contribution < -0.4 is 0 Å². The molecule has 0 aliphatic rings. The van der Waals surface area contributed by atoms with Crippen LogP contribution in [-0.2, 0) is 25.5 Å². The number of hydrogen-bond acceptors (Lipinski definition) is 4. The van der Waals surface area contributed by atoms with Crippen LogP contribution in [0.1, 0.15) is 5.56 Å². The maximum absolute atomic E-state index is 10.9. The second-order valence-electron chi connectivity index (χ2n) is 2.86. The Balaban J connectivity index is 2.16. The molecule has 4 heteroatoms. The lowest BCUT2D eigenvalue weighted by atomic mass is 10.2. The van der Waals surface area contributed by atoms with Crippen molar-refractivity contribution in [2.24, 2.45) is 0 Å². The average Bonchev–Trinajstić information content (AvgIpc) is 2.28. The predicted molar refractivity (Wildman–Crippen MR) is 53.1 cm³/mol. The van der Waals surface area contributed by atoms with Gasteiger partial charge in [-0.3, -0.25) is 4.79 Å². The van der Waals surface area contributed by atoms with E-state index >= 15 is 0 Å². The van der Waals surface area contributed by atoms with Crippen molar-refractivity contribution in [1.82, 2.24) is 0 Å². The van der Waals surface area contributed by atoms with Gasteiger partial charge in [0.1, 0.15) is 0 Å². The molecule has 0 spiro atoms. The Kier molecular flexibility index (Phi) is 4.94. The van der Waals surface area contributed by atoms with Crippen molar-refractivity contribution in [3.63, 3.8) is 0 Å². The van der Waals surface area contributed by atoms with Gasteiger partial charge in [-0.25, -0.2) is 4.79 Å². The maximum Gasteiger partial charge on any atom is 0.344 e. The summed E-state index contributed by atoms with van der Waals surface area (Å²) in [6.45, 7) is 0.196. The van der Waals surface area contributed by atoms with Gasteiger partial charge in [-0.05, 0) is 5.56 Å². The molecule has 0 aliphatic heterocycles. The Labute approximate surface area is 87.8 Å². The van der Waals surface area contributed by atoms with Crippen LogP contribution in [0.15, 0.2) is 30.3 Å². The minimum absolute atomic E-state index is 0.221. The Hall–Kier alpha value is -1.84. The van der Waals surface area contributed by atoms with Crippen LogP contribution in [0, 0.1) is 0 Å². The van der Waals surface area contributed by atoms with Gasteiger partial charge in [0.25, 0.3) is 6.47 Å². The first-order chi connectivity index (χ1) is 7.33. The van der Waals surface area contributed by atoms with Crippen LogP contribution >= 0.6 is 0 Å². The first kappa shape index (κ1) is 11.2. The van der Waals surface area contributed by atoms with Crippen LogP contribution in [0.2, 0.25) is 0 Å². The van der Waals surface area contributed by atoms with Gasteiger partial charge < -0.3 is 9.47 Å². The van der Waals surface area contributed by atoms with Gasteiger partial charge in [0.2, 0.25) is 0 Å². The van der Waals surface area contributed by atoms with Crippen molar-refractivity contribution in [1.29, 1.82) is 0 Å². The van der Waals surface area contributed by atoms with Gasteiger partial charge in [-0.15, -0.1) is 0 Å². The summed E-state index contributed by atoms with van der Waals surface area (Å²) < 4.78 is 9.07. The van der Waals surface area contributed by atoms with Crippen LogP contribution in [0.3, 0.4) is 0 Å². The highest BCUT2D eigenvalue weighted by molar-refractivity contribution is 5.71. The van der Waals surface area contributed by atoms with E-state index in [0.29, 0.717) is 13.0 Å². The first-order valence-electron chi connectivity index (χ1n) is 4.57. The lowest BCUT2D eigenvalue weighted by Crippen LogP contribution is -2.13. The van der Waals surface area contributed by atoms with Crippen molar-refractivity contribution >= 4 is 12.4 Å². The van der Waals surface area contributed by atoms with E-state index in [-0.39, 0.29) is 13.1 Å². The van der Waals surface area contributed by atoms with Crippen molar-refractivity contribution < 1.29 is 19.1 Å². The molecule has 1 rings (SSSR count). The van der Waals surface area contributed by atoms with Crippen LogP contribution in [0.25, 0.3) is 0 Å². The van der Waals surface area contributed by atoms with Gasteiger partial charge in [-0.1, -0.05) is 30.3 Å². The van der Waals surface area contributed by atoms with Crippen LogP contribution in [0.4, 0.5) is 0 Å². The molecule has 0 fully saturated rings. The quantitative estimate of drug-likeness (QED) is 0.516. The molecule has 0 N–H and O–H groups in total. The SMILES string of the molecule is O=COCC(=O)OCCc1ccccc1. The molecular formula is C11H12O4. The van der Waals surface area contributed by atoms with E-state index in [4.69, 9.17) is 4.74 Å². The summed E-state index contributed by atoms with van der Waals surface area (Å²) in [4.78, 5) is 20.7. The fraction of sp³-hybridized carbons (Fsp3) is 0.273. The molecule has 15 heavy (non-hydrogen) atoms. The average molecular weight is 208 g/mol. The van der Waals surface area contributed by atoms with Crippen LogP contribution in [0.5, 0.6) is 0 Å². The standard InChI is InChI=1S/C11H12O4/c12-9-14-8-11(13)15-7-6-10-4-2-1-3-5-10/h1-5,9H,6-8H2.